The standard InChI is InChI=1S/C9H10N4O/c10-4-3-8-12-9(14-13-8)7-2-1-5-11-6-7/h1-2,5-6H,3-4,10H2. The fourth-order valence-electron chi connectivity index (χ4n) is 1.09. The number of rotatable bonds is 3. The van der Waals surface area contributed by atoms with E-state index >= 15 is 0 Å². The molecule has 5 nitrogen and oxygen atoms in total. The van der Waals surface area contributed by atoms with Crippen molar-refractivity contribution < 1.29 is 4.52 Å². The average molecular weight is 190 g/mol. The predicted octanol–water partition coefficient (Wildman–Crippen LogP) is 0.633. The SMILES string of the molecule is NCCc1noc(-c2cccnc2)n1. The lowest BCUT2D eigenvalue weighted by Crippen LogP contribution is -2.03. The minimum atomic E-state index is 0.488. The number of pyridine rings is 1. The van der Waals surface area contributed by atoms with Gasteiger partial charge in [0.2, 0.25) is 0 Å². The van der Waals surface area contributed by atoms with Crippen LogP contribution in [0.15, 0.2) is 29.0 Å². The number of aromatic nitrogens is 3. The van der Waals surface area contributed by atoms with Crippen molar-refractivity contribution in [3.05, 3.63) is 30.4 Å². The minimum Gasteiger partial charge on any atom is -0.334 e. The molecule has 0 aromatic carbocycles. The summed E-state index contributed by atoms with van der Waals surface area (Å²) in [5.74, 6) is 1.12. The van der Waals surface area contributed by atoms with Crippen LogP contribution in [-0.4, -0.2) is 21.7 Å². The summed E-state index contributed by atoms with van der Waals surface area (Å²) in [5.41, 5.74) is 6.20. The van der Waals surface area contributed by atoms with Crippen LogP contribution in [-0.2, 0) is 6.42 Å². The van der Waals surface area contributed by atoms with E-state index in [1.54, 1.807) is 12.4 Å². The summed E-state index contributed by atoms with van der Waals surface area (Å²) < 4.78 is 5.05. The Balaban J connectivity index is 2.25. The first-order valence-corrected chi connectivity index (χ1v) is 4.33. The zero-order valence-corrected chi connectivity index (χ0v) is 7.55. The first-order chi connectivity index (χ1) is 6.90. The normalized spacial score (nSPS) is 10.4. The maximum atomic E-state index is 5.37. The van der Waals surface area contributed by atoms with Crippen LogP contribution in [0.25, 0.3) is 11.5 Å². The molecule has 2 heterocycles. The third-order valence-electron chi connectivity index (χ3n) is 1.74. The minimum absolute atomic E-state index is 0.488. The molecular formula is C9H10N4O. The van der Waals surface area contributed by atoms with Crippen molar-refractivity contribution in [2.45, 2.75) is 6.42 Å². The number of hydrogen-bond donors (Lipinski definition) is 1. The summed E-state index contributed by atoms with van der Waals surface area (Å²) >= 11 is 0. The third-order valence-corrected chi connectivity index (χ3v) is 1.74. The fourth-order valence-corrected chi connectivity index (χ4v) is 1.09. The highest BCUT2D eigenvalue weighted by molar-refractivity contribution is 5.50. The molecule has 0 fully saturated rings. The lowest BCUT2D eigenvalue weighted by atomic mass is 10.3. The highest BCUT2D eigenvalue weighted by atomic mass is 16.5. The maximum Gasteiger partial charge on any atom is 0.259 e. The van der Waals surface area contributed by atoms with Gasteiger partial charge in [0.25, 0.3) is 5.89 Å². The first-order valence-electron chi connectivity index (χ1n) is 4.33. The van der Waals surface area contributed by atoms with E-state index < -0.39 is 0 Å². The van der Waals surface area contributed by atoms with Crippen LogP contribution in [0.5, 0.6) is 0 Å². The third kappa shape index (κ3) is 1.77. The quantitative estimate of drug-likeness (QED) is 0.768. The highest BCUT2D eigenvalue weighted by Gasteiger charge is 2.07. The van der Waals surface area contributed by atoms with E-state index in [0.717, 1.165) is 5.56 Å². The van der Waals surface area contributed by atoms with Crippen LogP contribution >= 0.6 is 0 Å². The fraction of sp³-hybridized carbons (Fsp3) is 0.222. The molecular weight excluding hydrogens is 180 g/mol. The summed E-state index contributed by atoms with van der Waals surface area (Å²) in [4.78, 5) is 8.14. The van der Waals surface area contributed by atoms with Crippen LogP contribution in [0.1, 0.15) is 5.82 Å². The van der Waals surface area contributed by atoms with Crippen molar-refractivity contribution in [1.82, 2.24) is 15.1 Å². The Morgan fingerprint density at radius 1 is 1.43 bits per heavy atom. The van der Waals surface area contributed by atoms with Crippen molar-refractivity contribution in [2.75, 3.05) is 6.54 Å². The molecule has 2 aromatic heterocycles. The summed E-state index contributed by atoms with van der Waals surface area (Å²) in [7, 11) is 0. The molecule has 2 N–H and O–H groups in total. The van der Waals surface area contributed by atoms with Gasteiger partial charge in [0.05, 0.1) is 5.56 Å². The lowest BCUT2D eigenvalue weighted by Gasteiger charge is -1.89. The van der Waals surface area contributed by atoms with Crippen LogP contribution in [0.3, 0.4) is 0 Å². The van der Waals surface area contributed by atoms with Crippen molar-refractivity contribution >= 4 is 0 Å². The monoisotopic (exact) mass is 190 g/mol. The molecule has 14 heavy (non-hydrogen) atoms. The van der Waals surface area contributed by atoms with Crippen LogP contribution in [0.2, 0.25) is 0 Å². The summed E-state index contributed by atoms with van der Waals surface area (Å²) in [6.45, 7) is 0.520. The molecule has 0 radical (unpaired) electrons. The van der Waals surface area contributed by atoms with Gasteiger partial charge in [0, 0.05) is 18.8 Å². The molecule has 0 saturated carbocycles. The molecule has 72 valence electrons. The van der Waals surface area contributed by atoms with E-state index in [9.17, 15) is 0 Å². The van der Waals surface area contributed by atoms with Gasteiger partial charge in [-0.05, 0) is 18.7 Å². The topological polar surface area (TPSA) is 77.8 Å². The van der Waals surface area contributed by atoms with Gasteiger partial charge in [-0.3, -0.25) is 4.98 Å². The van der Waals surface area contributed by atoms with Gasteiger partial charge >= 0.3 is 0 Å². The van der Waals surface area contributed by atoms with E-state index in [2.05, 4.69) is 15.1 Å². The van der Waals surface area contributed by atoms with Gasteiger partial charge in [-0.2, -0.15) is 4.98 Å². The van der Waals surface area contributed by atoms with Gasteiger partial charge in [0.15, 0.2) is 5.82 Å². The van der Waals surface area contributed by atoms with E-state index in [0.29, 0.717) is 24.7 Å². The maximum absolute atomic E-state index is 5.37. The summed E-state index contributed by atoms with van der Waals surface area (Å²) in [6.07, 6.45) is 4.00. The highest BCUT2D eigenvalue weighted by Crippen LogP contribution is 2.14. The Labute approximate surface area is 81.0 Å². The molecule has 2 aromatic rings. The van der Waals surface area contributed by atoms with Crippen molar-refractivity contribution in [3.8, 4) is 11.5 Å². The predicted molar refractivity (Wildman–Crippen MR) is 50.3 cm³/mol. The Morgan fingerprint density at radius 2 is 2.36 bits per heavy atom. The van der Waals surface area contributed by atoms with E-state index in [1.165, 1.54) is 0 Å². The second kappa shape index (κ2) is 3.97. The molecule has 0 saturated heterocycles. The second-order valence-electron chi connectivity index (χ2n) is 2.80. The van der Waals surface area contributed by atoms with Gasteiger partial charge in [0.1, 0.15) is 0 Å². The van der Waals surface area contributed by atoms with Crippen LogP contribution in [0.4, 0.5) is 0 Å². The van der Waals surface area contributed by atoms with Gasteiger partial charge in [-0.25, -0.2) is 0 Å². The number of nitrogens with zero attached hydrogens (tertiary/aromatic N) is 3. The molecule has 0 atom stereocenters. The average Bonchev–Trinajstić information content (AvgIpc) is 2.68. The lowest BCUT2D eigenvalue weighted by molar-refractivity contribution is 0.422. The molecule has 0 aliphatic rings. The Kier molecular flexibility index (Phi) is 2.51. The number of nitrogens with two attached hydrogens (primary N) is 1. The Bertz CT molecular complexity index is 398. The van der Waals surface area contributed by atoms with Crippen molar-refractivity contribution in [2.24, 2.45) is 5.73 Å². The molecule has 0 aliphatic carbocycles. The van der Waals surface area contributed by atoms with Crippen molar-refractivity contribution in [1.29, 1.82) is 0 Å². The smallest absolute Gasteiger partial charge is 0.259 e. The molecule has 0 spiro atoms. The van der Waals surface area contributed by atoms with E-state index in [-0.39, 0.29) is 0 Å². The zero-order valence-electron chi connectivity index (χ0n) is 7.55. The summed E-state index contributed by atoms with van der Waals surface area (Å²) in [6, 6.07) is 3.69. The van der Waals surface area contributed by atoms with E-state index in [1.807, 2.05) is 12.1 Å². The van der Waals surface area contributed by atoms with Crippen LogP contribution < -0.4 is 5.73 Å². The van der Waals surface area contributed by atoms with Crippen LogP contribution in [0, 0.1) is 0 Å². The van der Waals surface area contributed by atoms with Gasteiger partial charge in [-0.1, -0.05) is 5.16 Å². The molecule has 0 unspecified atom stereocenters. The molecule has 0 amide bonds. The number of hydrogen-bond acceptors (Lipinski definition) is 5. The zero-order chi connectivity index (χ0) is 9.80. The van der Waals surface area contributed by atoms with Crippen molar-refractivity contribution in [3.63, 3.8) is 0 Å². The molecule has 5 heteroatoms. The summed E-state index contributed by atoms with van der Waals surface area (Å²) in [5, 5.41) is 3.79. The largest absolute Gasteiger partial charge is 0.334 e. The molecule has 0 aliphatic heterocycles. The molecule has 0 bridgehead atoms. The van der Waals surface area contributed by atoms with Gasteiger partial charge in [-0.15, -0.1) is 0 Å². The Hall–Kier alpha value is -1.75. The first kappa shape index (κ1) is 8.83. The Morgan fingerprint density at radius 3 is 3.07 bits per heavy atom. The van der Waals surface area contributed by atoms with E-state index in [4.69, 9.17) is 10.3 Å². The second-order valence-corrected chi connectivity index (χ2v) is 2.80. The molecule has 2 rings (SSSR count). The van der Waals surface area contributed by atoms with Gasteiger partial charge < -0.3 is 10.3 Å².